The van der Waals surface area contributed by atoms with Crippen molar-refractivity contribution >= 4 is 126 Å². The van der Waals surface area contributed by atoms with Crippen molar-refractivity contribution in [2.75, 3.05) is 5.32 Å². The van der Waals surface area contributed by atoms with Gasteiger partial charge in [-0.3, -0.25) is 0 Å². The predicted molar refractivity (Wildman–Crippen MR) is 323 cm³/mol. The van der Waals surface area contributed by atoms with Gasteiger partial charge in [-0.1, -0.05) is 171 Å². The maximum Gasteiger partial charge on any atom is 0.198 e. The molecule has 0 atom stereocenters. The molecule has 0 saturated heterocycles. The average molecular weight is 992 g/mol. The summed E-state index contributed by atoms with van der Waals surface area (Å²) in [5.41, 5.74) is 19.8. The zero-order valence-electron chi connectivity index (χ0n) is 43.4. The molecule has 9 aromatic carbocycles. The van der Waals surface area contributed by atoms with Crippen LogP contribution < -0.4 is 16.2 Å². The van der Waals surface area contributed by atoms with E-state index in [2.05, 4.69) is 249 Å². The molecule has 0 fully saturated rings. The van der Waals surface area contributed by atoms with E-state index < -0.39 is 0 Å². The smallest absolute Gasteiger partial charge is 0.198 e. The van der Waals surface area contributed by atoms with Crippen molar-refractivity contribution in [1.29, 1.82) is 0 Å². The van der Waals surface area contributed by atoms with E-state index in [9.17, 15) is 0 Å². The minimum Gasteiger partial charge on any atom is -0.455 e. The SMILES string of the molecule is CC(C)(C)c1ccc(Nc2cc3sc4ccc(C(C)(C)C)cc4c3cc2-c2c3c4c(c5cc(C(C)(C)C)ccc5n4-c4cc5c(-c6ccccc6)c(-c6ccccc6)sc5cc4[B]3)c3oc4ccccc4c23)cc1. The molecule has 0 amide bonds. The number of nitrogens with zero attached hydrogens (tertiary/aromatic N) is 1. The number of anilines is 2. The van der Waals surface area contributed by atoms with E-state index in [1.807, 2.05) is 22.7 Å². The highest BCUT2D eigenvalue weighted by molar-refractivity contribution is 7.26. The van der Waals surface area contributed by atoms with E-state index >= 15 is 0 Å². The topological polar surface area (TPSA) is 30.1 Å². The van der Waals surface area contributed by atoms with Crippen molar-refractivity contribution < 1.29 is 4.42 Å². The first kappa shape index (κ1) is 45.3. The molecule has 0 spiro atoms. The summed E-state index contributed by atoms with van der Waals surface area (Å²) >= 11 is 3.77. The Hall–Kier alpha value is -7.38. The molecule has 359 valence electrons. The van der Waals surface area contributed by atoms with Crippen LogP contribution in [0.15, 0.2) is 174 Å². The number of benzene rings is 9. The third-order valence-electron chi connectivity index (χ3n) is 15.7. The Morgan fingerprint density at radius 1 is 0.486 bits per heavy atom. The van der Waals surface area contributed by atoms with Crippen LogP contribution in [-0.4, -0.2) is 11.8 Å². The quantitative estimate of drug-likeness (QED) is 0.174. The minimum absolute atomic E-state index is 0.00337. The summed E-state index contributed by atoms with van der Waals surface area (Å²) in [4.78, 5) is 1.28. The van der Waals surface area contributed by atoms with Gasteiger partial charge in [-0.15, -0.1) is 22.7 Å². The molecule has 1 aliphatic heterocycles. The number of furan rings is 1. The molecule has 5 heterocycles. The highest BCUT2D eigenvalue weighted by Crippen LogP contribution is 2.51. The summed E-state index contributed by atoms with van der Waals surface area (Å²) in [6.45, 7) is 20.7. The molecular weight excluding hydrogens is 936 g/mol. The monoisotopic (exact) mass is 991 g/mol. The number of hydrogen-bond donors (Lipinski definition) is 1. The molecule has 3 nitrogen and oxygen atoms in total. The highest BCUT2D eigenvalue weighted by atomic mass is 32.1. The molecule has 1 aliphatic rings. The summed E-state index contributed by atoms with van der Waals surface area (Å²) in [6.07, 6.45) is 0. The largest absolute Gasteiger partial charge is 0.455 e. The van der Waals surface area contributed by atoms with Gasteiger partial charge < -0.3 is 14.3 Å². The van der Waals surface area contributed by atoms with Crippen molar-refractivity contribution in [1.82, 2.24) is 4.57 Å². The Kier molecular flexibility index (Phi) is 9.82. The van der Waals surface area contributed by atoms with Crippen molar-refractivity contribution in [2.45, 2.75) is 78.6 Å². The third-order valence-corrected chi connectivity index (χ3v) is 18.0. The summed E-state index contributed by atoms with van der Waals surface area (Å²) < 4.78 is 13.7. The summed E-state index contributed by atoms with van der Waals surface area (Å²) in [5.74, 6) is 0. The van der Waals surface area contributed by atoms with Gasteiger partial charge in [0.1, 0.15) is 11.2 Å². The fraction of sp³-hybridized carbons (Fsp3) is 0.176. The minimum atomic E-state index is -0.0684. The van der Waals surface area contributed by atoms with E-state index in [4.69, 9.17) is 4.42 Å². The van der Waals surface area contributed by atoms with Gasteiger partial charge in [0.25, 0.3) is 0 Å². The first-order chi connectivity index (χ1) is 35.6. The van der Waals surface area contributed by atoms with Crippen LogP contribution in [0.25, 0.3) is 112 Å². The molecule has 1 radical (unpaired) electrons. The molecule has 14 rings (SSSR count). The van der Waals surface area contributed by atoms with Crippen LogP contribution in [0.3, 0.4) is 0 Å². The van der Waals surface area contributed by atoms with Gasteiger partial charge >= 0.3 is 0 Å². The normalized spacial score (nSPS) is 13.0. The maximum absolute atomic E-state index is 7.34. The van der Waals surface area contributed by atoms with Gasteiger partial charge in [0, 0.05) is 79.5 Å². The Bertz CT molecular complexity index is 4450. The number of hydrogen-bond acceptors (Lipinski definition) is 4. The van der Waals surface area contributed by atoms with Crippen molar-refractivity contribution in [2.24, 2.45) is 0 Å². The maximum atomic E-state index is 7.34. The van der Waals surface area contributed by atoms with E-state index in [0.29, 0.717) is 0 Å². The van der Waals surface area contributed by atoms with Gasteiger partial charge in [0.05, 0.1) is 16.4 Å². The molecule has 0 saturated carbocycles. The lowest BCUT2D eigenvalue weighted by Gasteiger charge is -2.25. The third kappa shape index (κ3) is 6.98. The lowest BCUT2D eigenvalue weighted by molar-refractivity contribution is 0.590. The van der Waals surface area contributed by atoms with Gasteiger partial charge in [0.15, 0.2) is 7.28 Å². The molecule has 74 heavy (non-hydrogen) atoms. The van der Waals surface area contributed by atoms with Crippen molar-refractivity contribution in [3.05, 3.63) is 187 Å². The summed E-state index contributed by atoms with van der Waals surface area (Å²) in [6, 6.07) is 63.8. The number of nitrogens with one attached hydrogen (secondary N) is 1. The fourth-order valence-electron chi connectivity index (χ4n) is 11.7. The molecular formula is C68H56BN2OS2. The number of fused-ring (bicyclic) bond motifs is 13. The van der Waals surface area contributed by atoms with Gasteiger partial charge in [-0.25, -0.2) is 0 Å². The Morgan fingerprint density at radius 3 is 1.82 bits per heavy atom. The van der Waals surface area contributed by atoms with E-state index in [1.165, 1.54) is 107 Å². The van der Waals surface area contributed by atoms with E-state index in [0.717, 1.165) is 44.3 Å². The number of aromatic nitrogens is 1. The molecule has 1 N–H and O–H groups in total. The zero-order chi connectivity index (χ0) is 50.6. The number of rotatable bonds is 5. The van der Waals surface area contributed by atoms with Gasteiger partial charge in [-0.2, -0.15) is 0 Å². The van der Waals surface area contributed by atoms with Crippen LogP contribution in [0, 0.1) is 0 Å². The Balaban J connectivity index is 1.14. The van der Waals surface area contributed by atoms with Crippen LogP contribution in [-0.2, 0) is 16.2 Å². The second-order valence-corrected chi connectivity index (χ2v) is 25.8. The lowest BCUT2D eigenvalue weighted by Crippen LogP contribution is -2.37. The van der Waals surface area contributed by atoms with Crippen LogP contribution >= 0.6 is 22.7 Å². The second-order valence-electron chi connectivity index (χ2n) is 23.6. The standard InChI is InChI=1S/C68H56BN2OS2/c1-66(2,3)40-24-28-43(29-25-40)70-51-37-57-46(45-32-42(68(7,8)9)27-31-55(45)73-57)34-47(51)59-60-44-22-16-17-23-54(44)72-64(60)61-48-33-41(67(4,5)6)26-30-52(48)71-53-35-49-56(36-50(53)69-62(59)63(61)71)74-65(39-20-14-11-15-21-39)58(49)38-18-12-10-13-19-38/h10-37,70H,1-9H3. The first-order valence-corrected chi connectivity index (χ1v) is 27.6. The molecule has 0 unspecified atom stereocenters. The zero-order valence-corrected chi connectivity index (χ0v) is 45.0. The van der Waals surface area contributed by atoms with E-state index in [-0.39, 0.29) is 16.2 Å². The van der Waals surface area contributed by atoms with Crippen LogP contribution in [0.1, 0.15) is 79.0 Å². The second kappa shape index (κ2) is 16.1. The Labute approximate surface area is 441 Å². The molecule has 0 aliphatic carbocycles. The lowest BCUT2D eigenvalue weighted by atomic mass is 9.58. The highest BCUT2D eigenvalue weighted by Gasteiger charge is 2.34. The summed E-state index contributed by atoms with van der Waals surface area (Å²) in [7, 11) is 2.51. The van der Waals surface area contributed by atoms with Crippen LogP contribution in [0.2, 0.25) is 0 Å². The molecule has 0 bridgehead atoms. The van der Waals surface area contributed by atoms with Crippen LogP contribution in [0.5, 0.6) is 0 Å². The van der Waals surface area contributed by atoms with Crippen molar-refractivity contribution in [3.63, 3.8) is 0 Å². The summed E-state index contributed by atoms with van der Waals surface area (Å²) in [5, 5.41) is 12.5. The fourth-order valence-corrected chi connectivity index (χ4v) is 14.1. The van der Waals surface area contributed by atoms with Gasteiger partial charge in [0.2, 0.25) is 0 Å². The molecule has 4 aromatic heterocycles. The first-order valence-electron chi connectivity index (χ1n) is 26.0. The molecule has 6 heteroatoms. The average Bonchev–Trinajstić information content (AvgIpc) is 4.15. The molecule has 13 aromatic rings. The predicted octanol–water partition coefficient (Wildman–Crippen LogP) is 18.9. The van der Waals surface area contributed by atoms with E-state index in [1.54, 1.807) is 0 Å². The van der Waals surface area contributed by atoms with Gasteiger partial charge in [-0.05, 0) is 122 Å². The number of para-hydroxylation sites is 1. The van der Waals surface area contributed by atoms with Crippen molar-refractivity contribution in [3.8, 4) is 38.4 Å². The van der Waals surface area contributed by atoms with Crippen LogP contribution in [0.4, 0.5) is 11.4 Å². The Morgan fingerprint density at radius 2 is 1.11 bits per heavy atom. The number of thiophene rings is 2.